The Labute approximate surface area is 111 Å². The third kappa shape index (κ3) is 2.50. The smallest absolute Gasteiger partial charge is 0.157 e. The standard InChI is InChI=1S/C12H15Cl2N3/c1-2-3-4-5-10-11(15)17-7-8(13)6-9(14)12(17)16-10/h6-7H,2-5,15H2,1H3. The van der Waals surface area contributed by atoms with E-state index in [2.05, 4.69) is 11.9 Å². The van der Waals surface area contributed by atoms with Gasteiger partial charge in [-0.25, -0.2) is 4.98 Å². The fraction of sp³-hybridized carbons (Fsp3) is 0.417. The van der Waals surface area contributed by atoms with Crippen LogP contribution in [0.2, 0.25) is 10.0 Å². The molecule has 0 bridgehead atoms. The second-order valence-electron chi connectivity index (χ2n) is 4.10. The van der Waals surface area contributed by atoms with Crippen LogP contribution in [0.15, 0.2) is 12.3 Å². The molecule has 2 rings (SSSR count). The lowest BCUT2D eigenvalue weighted by Crippen LogP contribution is -1.96. The number of fused-ring (bicyclic) bond motifs is 1. The van der Waals surface area contributed by atoms with Gasteiger partial charge in [-0.1, -0.05) is 43.0 Å². The van der Waals surface area contributed by atoms with Crippen molar-refractivity contribution in [2.24, 2.45) is 0 Å². The third-order valence-electron chi connectivity index (χ3n) is 2.77. The molecule has 0 spiro atoms. The molecular formula is C12H15Cl2N3. The number of unbranched alkanes of at least 4 members (excludes halogenated alkanes) is 2. The molecule has 0 aliphatic rings. The molecule has 0 aliphatic carbocycles. The largest absolute Gasteiger partial charge is 0.383 e. The molecule has 2 N–H and O–H groups in total. The number of hydrogen-bond donors (Lipinski definition) is 1. The Kier molecular flexibility index (Phi) is 3.79. The second kappa shape index (κ2) is 5.15. The normalized spacial score (nSPS) is 11.2. The van der Waals surface area contributed by atoms with E-state index in [1.165, 1.54) is 12.8 Å². The number of rotatable bonds is 4. The molecule has 2 aromatic rings. The highest BCUT2D eigenvalue weighted by Gasteiger charge is 2.12. The zero-order chi connectivity index (χ0) is 12.4. The maximum atomic E-state index is 6.09. The first kappa shape index (κ1) is 12.5. The number of nitrogen functional groups attached to an aromatic ring is 1. The van der Waals surface area contributed by atoms with Crippen LogP contribution in [0.1, 0.15) is 31.9 Å². The Morgan fingerprint density at radius 2 is 2.12 bits per heavy atom. The summed E-state index contributed by atoms with van der Waals surface area (Å²) in [5, 5.41) is 1.10. The van der Waals surface area contributed by atoms with Gasteiger partial charge in [0.15, 0.2) is 5.65 Å². The Morgan fingerprint density at radius 1 is 1.35 bits per heavy atom. The van der Waals surface area contributed by atoms with E-state index in [0.717, 1.165) is 18.5 Å². The number of anilines is 1. The summed E-state index contributed by atoms with van der Waals surface area (Å²) in [4.78, 5) is 4.47. The van der Waals surface area contributed by atoms with Crippen molar-refractivity contribution < 1.29 is 0 Å². The predicted molar refractivity (Wildman–Crippen MR) is 72.9 cm³/mol. The van der Waals surface area contributed by atoms with Crippen LogP contribution in [-0.4, -0.2) is 9.38 Å². The third-order valence-corrected chi connectivity index (χ3v) is 3.26. The van der Waals surface area contributed by atoms with Gasteiger partial charge in [0.05, 0.1) is 15.7 Å². The summed E-state index contributed by atoms with van der Waals surface area (Å²) in [5.74, 6) is 0.639. The van der Waals surface area contributed by atoms with Crippen LogP contribution in [0.5, 0.6) is 0 Å². The monoisotopic (exact) mass is 271 g/mol. The van der Waals surface area contributed by atoms with Crippen molar-refractivity contribution in [2.45, 2.75) is 32.6 Å². The molecule has 0 amide bonds. The van der Waals surface area contributed by atoms with Crippen LogP contribution in [-0.2, 0) is 6.42 Å². The van der Waals surface area contributed by atoms with Crippen molar-refractivity contribution in [1.82, 2.24) is 9.38 Å². The van der Waals surface area contributed by atoms with Gasteiger partial charge in [0.2, 0.25) is 0 Å². The first-order valence-corrected chi connectivity index (χ1v) is 6.50. The summed E-state index contributed by atoms with van der Waals surface area (Å²) < 4.78 is 1.76. The summed E-state index contributed by atoms with van der Waals surface area (Å²) in [5.41, 5.74) is 7.63. The summed E-state index contributed by atoms with van der Waals surface area (Å²) >= 11 is 12.0. The van der Waals surface area contributed by atoms with Crippen molar-refractivity contribution in [1.29, 1.82) is 0 Å². The molecule has 0 radical (unpaired) electrons. The Morgan fingerprint density at radius 3 is 2.82 bits per heavy atom. The lowest BCUT2D eigenvalue weighted by atomic mass is 10.1. The number of imidazole rings is 1. The van der Waals surface area contributed by atoms with Crippen LogP contribution in [0, 0.1) is 0 Å². The first-order valence-electron chi connectivity index (χ1n) is 5.75. The van der Waals surface area contributed by atoms with Gasteiger partial charge in [0.25, 0.3) is 0 Å². The van der Waals surface area contributed by atoms with Crippen molar-refractivity contribution >= 4 is 34.7 Å². The van der Waals surface area contributed by atoms with E-state index in [1.54, 1.807) is 16.7 Å². The molecule has 0 saturated heterocycles. The number of aryl methyl sites for hydroxylation is 1. The highest BCUT2D eigenvalue weighted by molar-refractivity contribution is 6.36. The van der Waals surface area contributed by atoms with Crippen molar-refractivity contribution in [2.75, 3.05) is 5.73 Å². The van der Waals surface area contributed by atoms with E-state index in [0.29, 0.717) is 21.5 Å². The maximum Gasteiger partial charge on any atom is 0.157 e. The quantitative estimate of drug-likeness (QED) is 0.856. The summed E-state index contributed by atoms with van der Waals surface area (Å²) in [6.45, 7) is 2.17. The molecule has 0 atom stereocenters. The minimum Gasteiger partial charge on any atom is -0.383 e. The van der Waals surface area contributed by atoms with Crippen molar-refractivity contribution in [3.63, 3.8) is 0 Å². The maximum absolute atomic E-state index is 6.09. The molecular weight excluding hydrogens is 257 g/mol. The highest BCUT2D eigenvalue weighted by Crippen LogP contribution is 2.26. The number of aromatic nitrogens is 2. The van der Waals surface area contributed by atoms with Gasteiger partial charge in [0.1, 0.15) is 5.82 Å². The zero-order valence-corrected chi connectivity index (χ0v) is 11.2. The van der Waals surface area contributed by atoms with Gasteiger partial charge in [-0.05, 0) is 18.9 Å². The summed E-state index contributed by atoms with van der Waals surface area (Å²) in [7, 11) is 0. The van der Waals surface area contributed by atoms with Crippen LogP contribution in [0.4, 0.5) is 5.82 Å². The lowest BCUT2D eigenvalue weighted by molar-refractivity contribution is 0.711. The second-order valence-corrected chi connectivity index (χ2v) is 4.94. The molecule has 92 valence electrons. The van der Waals surface area contributed by atoms with E-state index in [9.17, 15) is 0 Å². The molecule has 3 nitrogen and oxygen atoms in total. The minimum absolute atomic E-state index is 0.533. The van der Waals surface area contributed by atoms with Gasteiger partial charge < -0.3 is 5.73 Å². The van der Waals surface area contributed by atoms with E-state index in [-0.39, 0.29) is 0 Å². The molecule has 0 aliphatic heterocycles. The number of halogens is 2. The van der Waals surface area contributed by atoms with E-state index in [1.807, 2.05) is 0 Å². The summed E-state index contributed by atoms with van der Waals surface area (Å²) in [6, 6.07) is 1.68. The molecule has 2 heterocycles. The SMILES string of the molecule is CCCCCc1nc2c(Cl)cc(Cl)cn2c1N. The van der Waals surface area contributed by atoms with Gasteiger partial charge >= 0.3 is 0 Å². The fourth-order valence-electron chi connectivity index (χ4n) is 1.86. The number of nitrogens with two attached hydrogens (primary N) is 1. The molecule has 5 heteroatoms. The predicted octanol–water partition coefficient (Wildman–Crippen LogP) is 3.96. The van der Waals surface area contributed by atoms with Crippen molar-refractivity contribution in [3.05, 3.63) is 28.0 Å². The minimum atomic E-state index is 0.533. The van der Waals surface area contributed by atoms with Gasteiger partial charge in [-0.15, -0.1) is 0 Å². The summed E-state index contributed by atoms with van der Waals surface area (Å²) in [6.07, 6.45) is 6.08. The number of nitrogens with zero attached hydrogens (tertiary/aromatic N) is 2. The Balaban J connectivity index is 2.39. The number of pyridine rings is 1. The molecule has 0 fully saturated rings. The average molecular weight is 272 g/mol. The fourth-order valence-corrected chi connectivity index (χ4v) is 2.38. The zero-order valence-electron chi connectivity index (χ0n) is 9.71. The molecule has 0 aromatic carbocycles. The van der Waals surface area contributed by atoms with E-state index >= 15 is 0 Å². The van der Waals surface area contributed by atoms with E-state index < -0.39 is 0 Å². The molecule has 0 unspecified atom stereocenters. The molecule has 17 heavy (non-hydrogen) atoms. The molecule has 0 saturated carbocycles. The highest BCUT2D eigenvalue weighted by atomic mass is 35.5. The van der Waals surface area contributed by atoms with Gasteiger partial charge in [0, 0.05) is 6.20 Å². The van der Waals surface area contributed by atoms with Crippen LogP contribution in [0.25, 0.3) is 5.65 Å². The topological polar surface area (TPSA) is 43.3 Å². The van der Waals surface area contributed by atoms with Crippen LogP contribution in [0.3, 0.4) is 0 Å². The Bertz CT molecular complexity index is 534. The van der Waals surface area contributed by atoms with E-state index in [4.69, 9.17) is 28.9 Å². The Hall–Kier alpha value is -0.930. The lowest BCUT2D eigenvalue weighted by Gasteiger charge is -2.00. The van der Waals surface area contributed by atoms with Crippen molar-refractivity contribution in [3.8, 4) is 0 Å². The van der Waals surface area contributed by atoms with Gasteiger partial charge in [-0.3, -0.25) is 4.40 Å². The van der Waals surface area contributed by atoms with Crippen LogP contribution >= 0.6 is 23.2 Å². The first-order chi connectivity index (χ1) is 8.13. The average Bonchev–Trinajstić information content (AvgIpc) is 2.58. The van der Waals surface area contributed by atoms with Crippen LogP contribution < -0.4 is 5.73 Å². The molecule has 2 aromatic heterocycles. The van der Waals surface area contributed by atoms with Gasteiger partial charge in [-0.2, -0.15) is 0 Å². The number of hydrogen-bond acceptors (Lipinski definition) is 2.